The van der Waals surface area contributed by atoms with Crippen molar-refractivity contribution < 1.29 is 9.21 Å². The molecule has 2 aromatic rings. The lowest BCUT2D eigenvalue weighted by molar-refractivity contribution is 0.103. The van der Waals surface area contributed by atoms with Crippen molar-refractivity contribution in [3.8, 4) is 0 Å². The second-order valence-electron chi connectivity index (χ2n) is 3.01. The number of carbonyl (C=O) groups is 1. The van der Waals surface area contributed by atoms with Crippen molar-refractivity contribution in [1.29, 1.82) is 0 Å². The van der Waals surface area contributed by atoms with E-state index in [0.717, 1.165) is 0 Å². The lowest BCUT2D eigenvalue weighted by Crippen LogP contribution is -1.97. The van der Waals surface area contributed by atoms with E-state index in [2.05, 4.69) is 0 Å². The normalized spacial score (nSPS) is 10.6. The summed E-state index contributed by atoms with van der Waals surface area (Å²) in [6, 6.07) is 3.24. The molecular formula is C10H6Cl2O2S. The van der Waals surface area contributed by atoms with Gasteiger partial charge in [0, 0.05) is 0 Å². The monoisotopic (exact) mass is 260 g/mol. The van der Waals surface area contributed by atoms with Gasteiger partial charge in [0.2, 0.25) is 0 Å². The van der Waals surface area contributed by atoms with Crippen molar-refractivity contribution in [3.05, 3.63) is 44.0 Å². The van der Waals surface area contributed by atoms with E-state index >= 15 is 0 Å². The minimum Gasteiger partial charge on any atom is -0.469 e. The minimum absolute atomic E-state index is 0.167. The lowest BCUT2D eigenvalue weighted by atomic mass is 10.1. The Kier molecular flexibility index (Phi) is 2.87. The Hall–Kier alpha value is -0.770. The molecule has 0 saturated carbocycles. The van der Waals surface area contributed by atoms with E-state index in [1.807, 2.05) is 0 Å². The Morgan fingerprint density at radius 1 is 1.40 bits per heavy atom. The summed E-state index contributed by atoms with van der Waals surface area (Å²) in [5, 5.41) is 0. The maximum absolute atomic E-state index is 11.9. The highest BCUT2D eigenvalue weighted by Gasteiger charge is 2.17. The molecule has 0 unspecified atom stereocenters. The number of hydrogen-bond donors (Lipinski definition) is 0. The van der Waals surface area contributed by atoms with Gasteiger partial charge in [-0.3, -0.25) is 4.79 Å². The van der Waals surface area contributed by atoms with Gasteiger partial charge in [-0.2, -0.15) is 0 Å². The molecule has 2 aromatic heterocycles. The maximum atomic E-state index is 11.9. The molecule has 0 N–H and O–H groups in total. The van der Waals surface area contributed by atoms with Gasteiger partial charge in [0.05, 0.1) is 15.5 Å². The molecule has 0 spiro atoms. The standard InChI is InChI=1S/C10H6Cl2O2S/c1-5-2-6(4-14-5)9(13)7-3-8(11)15-10(7)12/h2-4H,1H3. The smallest absolute Gasteiger partial charge is 0.198 e. The Bertz CT molecular complexity index is 513. The van der Waals surface area contributed by atoms with Gasteiger partial charge in [0.25, 0.3) is 0 Å². The molecule has 0 bridgehead atoms. The van der Waals surface area contributed by atoms with Crippen LogP contribution in [-0.2, 0) is 0 Å². The topological polar surface area (TPSA) is 30.2 Å². The molecule has 0 aliphatic rings. The highest BCUT2D eigenvalue weighted by Crippen LogP contribution is 2.32. The molecule has 15 heavy (non-hydrogen) atoms. The summed E-state index contributed by atoms with van der Waals surface area (Å²) in [7, 11) is 0. The average Bonchev–Trinajstić information content (AvgIpc) is 2.71. The Morgan fingerprint density at radius 2 is 2.13 bits per heavy atom. The molecule has 78 valence electrons. The first kappa shape index (κ1) is 10.7. The molecule has 0 atom stereocenters. The zero-order valence-corrected chi connectivity index (χ0v) is 10.0. The molecule has 5 heteroatoms. The average molecular weight is 261 g/mol. The fraction of sp³-hybridized carbons (Fsp3) is 0.100. The first-order valence-electron chi connectivity index (χ1n) is 4.12. The molecular weight excluding hydrogens is 255 g/mol. The molecule has 2 rings (SSSR count). The third kappa shape index (κ3) is 2.09. The van der Waals surface area contributed by atoms with E-state index in [0.29, 0.717) is 25.6 Å². The molecule has 2 heterocycles. The molecule has 0 aliphatic carbocycles. The highest BCUT2D eigenvalue weighted by atomic mass is 35.5. The molecule has 0 aromatic carbocycles. The highest BCUT2D eigenvalue weighted by molar-refractivity contribution is 7.20. The zero-order chi connectivity index (χ0) is 11.0. The van der Waals surface area contributed by atoms with Crippen LogP contribution >= 0.6 is 34.5 Å². The van der Waals surface area contributed by atoms with Crippen molar-refractivity contribution in [2.75, 3.05) is 0 Å². The quantitative estimate of drug-likeness (QED) is 0.759. The van der Waals surface area contributed by atoms with E-state index in [1.165, 1.54) is 17.6 Å². The van der Waals surface area contributed by atoms with Gasteiger partial charge in [-0.05, 0) is 19.1 Å². The van der Waals surface area contributed by atoms with E-state index in [9.17, 15) is 4.79 Å². The van der Waals surface area contributed by atoms with Crippen LogP contribution in [0.15, 0.2) is 22.8 Å². The van der Waals surface area contributed by atoms with Gasteiger partial charge in [-0.25, -0.2) is 0 Å². The predicted octanol–water partition coefficient (Wildman–Crippen LogP) is 4.19. The molecule has 0 fully saturated rings. The molecule has 0 radical (unpaired) electrons. The number of ketones is 1. The van der Waals surface area contributed by atoms with Crippen LogP contribution in [0, 0.1) is 6.92 Å². The third-order valence-electron chi connectivity index (χ3n) is 1.89. The number of hydrogen-bond acceptors (Lipinski definition) is 3. The number of carbonyl (C=O) groups excluding carboxylic acids is 1. The summed E-state index contributed by atoms with van der Waals surface area (Å²) in [4.78, 5) is 11.9. The summed E-state index contributed by atoms with van der Waals surface area (Å²) in [6.07, 6.45) is 1.42. The summed E-state index contributed by atoms with van der Waals surface area (Å²) < 4.78 is 5.97. The largest absolute Gasteiger partial charge is 0.469 e. The number of thiophene rings is 1. The zero-order valence-electron chi connectivity index (χ0n) is 7.71. The Morgan fingerprint density at radius 3 is 2.60 bits per heavy atom. The number of furan rings is 1. The van der Waals surface area contributed by atoms with Crippen molar-refractivity contribution in [3.63, 3.8) is 0 Å². The Labute approximate surface area is 100 Å². The second-order valence-corrected chi connectivity index (χ2v) is 5.30. The fourth-order valence-corrected chi connectivity index (χ4v) is 2.67. The molecule has 0 saturated heterocycles. The number of halogens is 2. The fourth-order valence-electron chi connectivity index (χ4n) is 1.21. The first-order valence-corrected chi connectivity index (χ1v) is 5.70. The van der Waals surface area contributed by atoms with Crippen molar-refractivity contribution in [2.45, 2.75) is 6.92 Å². The summed E-state index contributed by atoms with van der Waals surface area (Å²) in [5.41, 5.74) is 0.913. The van der Waals surface area contributed by atoms with Crippen LogP contribution < -0.4 is 0 Å². The van der Waals surface area contributed by atoms with Crippen LogP contribution in [0.4, 0.5) is 0 Å². The van der Waals surface area contributed by atoms with Crippen LogP contribution in [0.5, 0.6) is 0 Å². The van der Waals surface area contributed by atoms with Crippen LogP contribution in [0.1, 0.15) is 21.7 Å². The third-order valence-corrected chi connectivity index (χ3v) is 3.38. The number of aryl methyl sites for hydroxylation is 1. The van der Waals surface area contributed by atoms with Gasteiger partial charge in [-0.1, -0.05) is 23.2 Å². The molecule has 2 nitrogen and oxygen atoms in total. The SMILES string of the molecule is Cc1cc(C(=O)c2cc(Cl)sc2Cl)co1. The maximum Gasteiger partial charge on any atom is 0.198 e. The lowest BCUT2D eigenvalue weighted by Gasteiger charge is -1.92. The molecule has 0 amide bonds. The Balaban J connectivity index is 2.40. The van der Waals surface area contributed by atoms with Crippen molar-refractivity contribution >= 4 is 40.3 Å². The first-order chi connectivity index (χ1) is 7.08. The van der Waals surface area contributed by atoms with Crippen LogP contribution in [-0.4, -0.2) is 5.78 Å². The second kappa shape index (κ2) is 4.00. The van der Waals surface area contributed by atoms with Gasteiger partial charge < -0.3 is 4.42 Å². The van der Waals surface area contributed by atoms with E-state index in [-0.39, 0.29) is 5.78 Å². The summed E-state index contributed by atoms with van der Waals surface area (Å²) >= 11 is 12.8. The summed E-state index contributed by atoms with van der Waals surface area (Å²) in [6.45, 7) is 1.78. The van der Waals surface area contributed by atoms with E-state index < -0.39 is 0 Å². The van der Waals surface area contributed by atoms with Crippen LogP contribution in [0.2, 0.25) is 8.67 Å². The van der Waals surface area contributed by atoms with Gasteiger partial charge >= 0.3 is 0 Å². The van der Waals surface area contributed by atoms with Gasteiger partial charge in [0.1, 0.15) is 16.4 Å². The predicted molar refractivity (Wildman–Crippen MR) is 61.2 cm³/mol. The summed E-state index contributed by atoms with van der Waals surface area (Å²) in [5.74, 6) is 0.524. The van der Waals surface area contributed by atoms with E-state index in [1.54, 1.807) is 19.1 Å². The van der Waals surface area contributed by atoms with Crippen LogP contribution in [0.3, 0.4) is 0 Å². The van der Waals surface area contributed by atoms with E-state index in [4.69, 9.17) is 27.6 Å². The molecule has 0 aliphatic heterocycles. The van der Waals surface area contributed by atoms with Crippen molar-refractivity contribution in [1.82, 2.24) is 0 Å². The van der Waals surface area contributed by atoms with Gasteiger partial charge in [-0.15, -0.1) is 11.3 Å². The van der Waals surface area contributed by atoms with Crippen LogP contribution in [0.25, 0.3) is 0 Å². The van der Waals surface area contributed by atoms with Gasteiger partial charge in [0.15, 0.2) is 5.78 Å². The van der Waals surface area contributed by atoms with Crippen molar-refractivity contribution in [2.24, 2.45) is 0 Å². The number of rotatable bonds is 2. The minimum atomic E-state index is -0.167.